The van der Waals surface area contributed by atoms with Crippen LogP contribution in [0.15, 0.2) is 48.7 Å². The minimum absolute atomic E-state index is 0.255. The van der Waals surface area contributed by atoms with Crippen molar-refractivity contribution < 1.29 is 4.39 Å². The highest BCUT2D eigenvalue weighted by Gasteiger charge is 2.20. The van der Waals surface area contributed by atoms with E-state index in [1.165, 1.54) is 17.2 Å². The minimum Gasteiger partial charge on any atom is -0.326 e. The van der Waals surface area contributed by atoms with Gasteiger partial charge in [0.1, 0.15) is 23.0 Å². The highest BCUT2D eigenvalue weighted by molar-refractivity contribution is 5.81. The zero-order valence-corrected chi connectivity index (χ0v) is 14.7. The molecule has 2 aromatic heterocycles. The number of benzene rings is 2. The summed E-state index contributed by atoms with van der Waals surface area (Å²) in [5, 5.41) is 0.679. The van der Waals surface area contributed by atoms with Crippen molar-refractivity contribution in [3.05, 3.63) is 77.3 Å². The lowest BCUT2D eigenvalue weighted by Gasteiger charge is -2.07. The molecular weight excluding hydrogens is 341 g/mol. The van der Waals surface area contributed by atoms with Gasteiger partial charge in [0.2, 0.25) is 0 Å². The van der Waals surface area contributed by atoms with E-state index in [1.54, 1.807) is 6.07 Å². The fourth-order valence-electron chi connectivity index (χ4n) is 3.73. The molecule has 1 aliphatic rings. The molecule has 4 aromatic rings. The van der Waals surface area contributed by atoms with E-state index >= 15 is 0 Å². The molecule has 0 saturated carbocycles. The van der Waals surface area contributed by atoms with Crippen LogP contribution in [-0.4, -0.2) is 19.5 Å². The summed E-state index contributed by atoms with van der Waals surface area (Å²) in [6, 6.07) is 13.2. The third-order valence-electron chi connectivity index (χ3n) is 5.03. The third-order valence-corrected chi connectivity index (χ3v) is 5.03. The number of aryl methyl sites for hydroxylation is 2. The Hall–Kier alpha value is -3.12. The zero-order chi connectivity index (χ0) is 18.4. The summed E-state index contributed by atoms with van der Waals surface area (Å²) in [6.07, 6.45) is 3.38. The van der Waals surface area contributed by atoms with Gasteiger partial charge in [-0.15, -0.1) is 0 Å². The van der Waals surface area contributed by atoms with E-state index in [4.69, 9.17) is 10.7 Å². The van der Waals surface area contributed by atoms with Crippen molar-refractivity contribution in [1.82, 2.24) is 19.5 Å². The number of fused-ring (bicyclic) bond motifs is 4. The van der Waals surface area contributed by atoms with Crippen molar-refractivity contribution in [3.8, 4) is 11.4 Å². The Morgan fingerprint density at radius 2 is 1.89 bits per heavy atom. The highest BCUT2D eigenvalue weighted by atomic mass is 19.1. The predicted octanol–water partition coefficient (Wildman–Crippen LogP) is 3.24. The van der Waals surface area contributed by atoms with Gasteiger partial charge in [0.15, 0.2) is 0 Å². The summed E-state index contributed by atoms with van der Waals surface area (Å²) in [5.41, 5.74) is 10.3. The molecule has 0 radical (unpaired) electrons. The van der Waals surface area contributed by atoms with Crippen molar-refractivity contribution in [2.75, 3.05) is 0 Å². The number of nitrogens with two attached hydrogens (primary N) is 1. The molecule has 1 aliphatic heterocycles. The second-order valence-corrected chi connectivity index (χ2v) is 6.77. The molecule has 0 unspecified atom stereocenters. The van der Waals surface area contributed by atoms with Gasteiger partial charge in [-0.3, -0.25) is 0 Å². The second-order valence-electron chi connectivity index (χ2n) is 6.77. The molecule has 27 heavy (non-hydrogen) atoms. The van der Waals surface area contributed by atoms with Crippen LogP contribution in [0.1, 0.15) is 22.8 Å². The van der Waals surface area contributed by atoms with E-state index in [1.807, 2.05) is 12.1 Å². The van der Waals surface area contributed by atoms with Crippen molar-refractivity contribution in [2.24, 2.45) is 5.73 Å². The lowest BCUT2D eigenvalue weighted by molar-refractivity contribution is 0.635. The molecule has 0 fully saturated rings. The van der Waals surface area contributed by atoms with Gasteiger partial charge < -0.3 is 10.3 Å². The Labute approximate surface area is 155 Å². The molecule has 0 amide bonds. The summed E-state index contributed by atoms with van der Waals surface area (Å²) in [7, 11) is 0. The van der Waals surface area contributed by atoms with Crippen LogP contribution in [0.5, 0.6) is 0 Å². The average Bonchev–Trinajstić information content (AvgIpc) is 3.24. The number of rotatable bonds is 4. The smallest absolute Gasteiger partial charge is 0.149 e. The first-order chi connectivity index (χ1) is 13.2. The number of nitrogens with zero attached hydrogens (tertiary/aromatic N) is 4. The molecule has 2 N–H and O–H groups in total. The molecule has 0 aliphatic carbocycles. The number of hydrogen-bond donors (Lipinski definition) is 1. The summed E-state index contributed by atoms with van der Waals surface area (Å²) in [5.74, 6) is 1.26. The van der Waals surface area contributed by atoms with Crippen LogP contribution in [-0.2, 0) is 25.9 Å². The molecule has 5 rings (SSSR count). The van der Waals surface area contributed by atoms with Crippen LogP contribution < -0.4 is 5.73 Å². The van der Waals surface area contributed by atoms with E-state index in [-0.39, 0.29) is 12.4 Å². The van der Waals surface area contributed by atoms with Gasteiger partial charge in [0, 0.05) is 36.7 Å². The van der Waals surface area contributed by atoms with Crippen molar-refractivity contribution in [2.45, 2.75) is 25.9 Å². The number of halogens is 1. The Morgan fingerprint density at radius 1 is 1.00 bits per heavy atom. The summed E-state index contributed by atoms with van der Waals surface area (Å²) < 4.78 is 16.3. The topological polar surface area (TPSA) is 69.6 Å². The molecule has 3 heterocycles. The highest BCUT2D eigenvalue weighted by Crippen LogP contribution is 2.31. The lowest BCUT2D eigenvalue weighted by Crippen LogP contribution is -2.07. The average molecular weight is 359 g/mol. The van der Waals surface area contributed by atoms with E-state index in [0.29, 0.717) is 35.3 Å². The van der Waals surface area contributed by atoms with Gasteiger partial charge in [-0.2, -0.15) is 0 Å². The minimum atomic E-state index is -0.344. The first kappa shape index (κ1) is 16.1. The third kappa shape index (κ3) is 2.69. The maximum Gasteiger partial charge on any atom is 0.149 e. The summed E-state index contributed by atoms with van der Waals surface area (Å²) in [6.45, 7) is 1.11. The standard InChI is InChI=1S/C21H18FN5/c22-17-7-3-6-16-18(10-23)25-19(26-20(16)17)9-8-14-12-27-11-13-4-1-2-5-15(13)21(27)24-14/h1-7,12H,8-11,23H2. The van der Waals surface area contributed by atoms with Crippen LogP contribution in [0, 0.1) is 5.82 Å². The fourth-order valence-corrected chi connectivity index (χ4v) is 3.73. The van der Waals surface area contributed by atoms with Crippen LogP contribution in [0.4, 0.5) is 4.39 Å². The quantitative estimate of drug-likeness (QED) is 0.535. The predicted molar refractivity (Wildman–Crippen MR) is 102 cm³/mol. The van der Waals surface area contributed by atoms with Crippen LogP contribution in [0.3, 0.4) is 0 Å². The van der Waals surface area contributed by atoms with E-state index in [0.717, 1.165) is 18.1 Å². The summed E-state index contributed by atoms with van der Waals surface area (Å²) in [4.78, 5) is 13.7. The maximum atomic E-state index is 14.1. The monoisotopic (exact) mass is 359 g/mol. The molecule has 0 spiro atoms. The van der Waals surface area contributed by atoms with Gasteiger partial charge in [0.05, 0.1) is 11.4 Å². The van der Waals surface area contributed by atoms with Crippen LogP contribution in [0.2, 0.25) is 0 Å². The maximum absolute atomic E-state index is 14.1. The molecule has 134 valence electrons. The molecule has 0 atom stereocenters. The zero-order valence-electron chi connectivity index (χ0n) is 14.7. The van der Waals surface area contributed by atoms with Crippen LogP contribution >= 0.6 is 0 Å². The van der Waals surface area contributed by atoms with Crippen molar-refractivity contribution >= 4 is 10.9 Å². The fraction of sp³-hybridized carbons (Fsp3) is 0.190. The Balaban J connectivity index is 1.42. The van der Waals surface area contributed by atoms with Crippen molar-refractivity contribution in [1.29, 1.82) is 0 Å². The van der Waals surface area contributed by atoms with E-state index in [9.17, 15) is 4.39 Å². The Kier molecular flexibility index (Phi) is 3.72. The van der Waals surface area contributed by atoms with Gasteiger partial charge in [-0.1, -0.05) is 36.4 Å². The number of imidazole rings is 1. The van der Waals surface area contributed by atoms with Crippen LogP contribution in [0.25, 0.3) is 22.3 Å². The Morgan fingerprint density at radius 3 is 2.78 bits per heavy atom. The van der Waals surface area contributed by atoms with Gasteiger partial charge in [-0.05, 0) is 18.1 Å². The second kappa shape index (κ2) is 6.25. The normalized spacial score (nSPS) is 12.4. The van der Waals surface area contributed by atoms with E-state index in [2.05, 4.69) is 38.9 Å². The largest absolute Gasteiger partial charge is 0.326 e. The molecule has 0 bridgehead atoms. The van der Waals surface area contributed by atoms with Crippen molar-refractivity contribution in [3.63, 3.8) is 0 Å². The van der Waals surface area contributed by atoms with Gasteiger partial charge in [-0.25, -0.2) is 19.3 Å². The van der Waals surface area contributed by atoms with E-state index < -0.39 is 0 Å². The molecule has 6 heteroatoms. The molecule has 0 saturated heterocycles. The van der Waals surface area contributed by atoms with Gasteiger partial charge in [0.25, 0.3) is 0 Å². The SMILES string of the molecule is NCc1nc(CCc2cn3c(n2)-c2ccccc2C3)nc2c(F)cccc12. The lowest BCUT2D eigenvalue weighted by atomic mass is 10.1. The first-order valence-electron chi connectivity index (χ1n) is 9.01. The molecular formula is C21H18FN5. The first-order valence-corrected chi connectivity index (χ1v) is 9.01. The number of para-hydroxylation sites is 1. The molecule has 5 nitrogen and oxygen atoms in total. The number of hydrogen-bond acceptors (Lipinski definition) is 4. The number of aromatic nitrogens is 4. The molecule has 2 aromatic carbocycles. The van der Waals surface area contributed by atoms with Gasteiger partial charge >= 0.3 is 0 Å². The Bertz CT molecular complexity index is 1160. The summed E-state index contributed by atoms with van der Waals surface area (Å²) >= 11 is 0.